The summed E-state index contributed by atoms with van der Waals surface area (Å²) in [5.41, 5.74) is 5.05. The van der Waals surface area contributed by atoms with Crippen molar-refractivity contribution in [2.45, 2.75) is 123 Å². The third-order valence-electron chi connectivity index (χ3n) is 12.8. The minimum absolute atomic E-state index is 0.0485. The molecule has 42 heavy (non-hydrogen) atoms. The fraction of sp³-hybridized carbons (Fsp3) is 0.829. The van der Waals surface area contributed by atoms with Crippen molar-refractivity contribution in [1.82, 2.24) is 15.5 Å². The molecular formula is C35H55N3O4. The second-order valence-corrected chi connectivity index (χ2v) is 15.2. The van der Waals surface area contributed by atoms with Crippen molar-refractivity contribution in [2.24, 2.45) is 35.0 Å². The van der Waals surface area contributed by atoms with Gasteiger partial charge in [0, 0.05) is 38.0 Å². The second-order valence-electron chi connectivity index (χ2n) is 15.2. The fourth-order valence-corrected chi connectivity index (χ4v) is 10.5. The Hall–Kier alpha value is -1.70. The first kappa shape index (κ1) is 30.3. The molecule has 0 aromatic rings. The number of piperidine rings is 1. The average Bonchev–Trinajstić information content (AvgIpc) is 3.42. The number of rotatable bonds is 6. The van der Waals surface area contributed by atoms with E-state index in [1.54, 1.807) is 23.6 Å². The monoisotopic (exact) mass is 581 g/mol. The number of carbonyl (C=O) groups excluding carboxylic acids is 2. The summed E-state index contributed by atoms with van der Waals surface area (Å²) in [5.74, 6) is 2.92. The molecule has 7 nitrogen and oxygen atoms in total. The minimum Gasteiger partial charge on any atom is -0.393 e. The van der Waals surface area contributed by atoms with Gasteiger partial charge < -0.3 is 20.5 Å². The molecule has 0 aromatic carbocycles. The first-order valence-corrected chi connectivity index (χ1v) is 17.1. The molecule has 2 aliphatic heterocycles. The second kappa shape index (κ2) is 11.7. The van der Waals surface area contributed by atoms with Crippen molar-refractivity contribution in [3.05, 3.63) is 22.8 Å². The highest BCUT2D eigenvalue weighted by atomic mass is 16.5. The van der Waals surface area contributed by atoms with E-state index in [0.29, 0.717) is 36.8 Å². The molecule has 7 heteroatoms. The Kier molecular flexibility index (Phi) is 8.42. The molecule has 0 unspecified atom stereocenters. The van der Waals surface area contributed by atoms with Crippen LogP contribution in [0.1, 0.15) is 98.8 Å². The van der Waals surface area contributed by atoms with Crippen LogP contribution in [0.4, 0.5) is 0 Å². The maximum atomic E-state index is 12.3. The molecule has 2 saturated carbocycles. The van der Waals surface area contributed by atoms with Crippen LogP contribution in [-0.4, -0.2) is 71.9 Å². The normalized spacial score (nSPS) is 43.1. The SMILES string of the molecule is CCC(=O)NCC(=O)NCCN1C[C@@H](C)C[C@H]2O[C@]3(CC[C@@H]4C(=C(C)C3)C[C@H]3[C@H]4CC=C4C[C@@H](O)CC[C@@]43C)[C@H](C)[C@@H]21. The number of hydrogen-bond acceptors (Lipinski definition) is 5. The molecule has 234 valence electrons. The van der Waals surface area contributed by atoms with Crippen LogP contribution in [0.3, 0.4) is 0 Å². The van der Waals surface area contributed by atoms with Gasteiger partial charge in [0.1, 0.15) is 0 Å². The highest BCUT2D eigenvalue weighted by Gasteiger charge is 2.59. The van der Waals surface area contributed by atoms with E-state index in [0.717, 1.165) is 63.5 Å². The van der Waals surface area contributed by atoms with E-state index in [1.165, 1.54) is 19.3 Å². The Morgan fingerprint density at radius 1 is 1.14 bits per heavy atom. The van der Waals surface area contributed by atoms with Gasteiger partial charge in [-0.05, 0) is 93.8 Å². The standard InChI is InChI=1S/C35H55N3O4/c1-6-31(40)37-19-32(41)36-13-14-38-20-21(2)15-30-33(38)23(4)35(42-30)12-10-26-27-8-7-24-16-25(39)9-11-34(24,5)29(27)17-28(26)22(3)18-35/h7,21,23,25-27,29-30,33,39H,6,8-20H2,1-5H3,(H,36,41)(H,37,40)/t21-,23+,25-,26-,27-,29-,30+,33-,34-,35-/m0/s1. The minimum atomic E-state index is -0.148. The Morgan fingerprint density at radius 2 is 1.95 bits per heavy atom. The first-order chi connectivity index (χ1) is 20.0. The molecule has 0 bridgehead atoms. The summed E-state index contributed by atoms with van der Waals surface area (Å²) in [7, 11) is 0. The molecule has 6 aliphatic rings. The van der Waals surface area contributed by atoms with Crippen LogP contribution in [0.25, 0.3) is 0 Å². The number of allylic oxidation sites excluding steroid dienone is 2. The third kappa shape index (κ3) is 5.30. The summed E-state index contributed by atoms with van der Waals surface area (Å²) in [6, 6.07) is 0.383. The molecule has 0 aromatic heterocycles. The Morgan fingerprint density at radius 3 is 2.74 bits per heavy atom. The number of amides is 2. The molecule has 10 atom stereocenters. The van der Waals surface area contributed by atoms with Crippen molar-refractivity contribution in [1.29, 1.82) is 0 Å². The van der Waals surface area contributed by atoms with Crippen LogP contribution in [0.15, 0.2) is 22.8 Å². The lowest BCUT2D eigenvalue weighted by atomic mass is 9.56. The summed E-state index contributed by atoms with van der Waals surface area (Å²) in [4.78, 5) is 26.4. The van der Waals surface area contributed by atoms with Crippen LogP contribution < -0.4 is 10.6 Å². The molecule has 4 aliphatic carbocycles. The predicted octanol–water partition coefficient (Wildman–Crippen LogP) is 4.75. The molecule has 2 saturated heterocycles. The number of carbonyl (C=O) groups is 2. The summed E-state index contributed by atoms with van der Waals surface area (Å²) in [6.45, 7) is 14.0. The molecule has 4 fully saturated rings. The van der Waals surface area contributed by atoms with E-state index in [9.17, 15) is 14.7 Å². The number of nitrogens with zero attached hydrogens (tertiary/aromatic N) is 1. The van der Waals surface area contributed by atoms with E-state index >= 15 is 0 Å². The number of ether oxygens (including phenoxy) is 1. The van der Waals surface area contributed by atoms with Crippen molar-refractivity contribution in [3.8, 4) is 0 Å². The van der Waals surface area contributed by atoms with Gasteiger partial charge in [0.05, 0.1) is 24.4 Å². The average molecular weight is 582 g/mol. The van der Waals surface area contributed by atoms with Gasteiger partial charge in [-0.25, -0.2) is 0 Å². The lowest BCUT2D eigenvalue weighted by Crippen LogP contribution is -2.54. The van der Waals surface area contributed by atoms with Gasteiger partial charge in [-0.2, -0.15) is 0 Å². The summed E-state index contributed by atoms with van der Waals surface area (Å²) < 4.78 is 7.23. The van der Waals surface area contributed by atoms with Crippen molar-refractivity contribution < 1.29 is 19.4 Å². The van der Waals surface area contributed by atoms with E-state index < -0.39 is 0 Å². The Labute approximate surface area is 253 Å². The highest BCUT2D eigenvalue weighted by molar-refractivity contribution is 5.84. The molecule has 1 spiro atoms. The van der Waals surface area contributed by atoms with Gasteiger partial charge in [-0.1, -0.05) is 50.5 Å². The van der Waals surface area contributed by atoms with Crippen molar-refractivity contribution >= 4 is 11.8 Å². The molecule has 3 N–H and O–H groups in total. The van der Waals surface area contributed by atoms with Crippen LogP contribution in [0, 0.1) is 35.0 Å². The molecular weight excluding hydrogens is 526 g/mol. The largest absolute Gasteiger partial charge is 0.393 e. The smallest absolute Gasteiger partial charge is 0.239 e. The number of hydrogen-bond donors (Lipinski definition) is 3. The van der Waals surface area contributed by atoms with Gasteiger partial charge in [0.2, 0.25) is 11.8 Å². The summed E-state index contributed by atoms with van der Waals surface area (Å²) in [6.07, 6.45) is 12.9. The molecule has 2 heterocycles. The van der Waals surface area contributed by atoms with Gasteiger partial charge in [-0.3, -0.25) is 14.5 Å². The zero-order valence-electron chi connectivity index (χ0n) is 26.7. The third-order valence-corrected chi connectivity index (χ3v) is 12.8. The number of nitrogens with one attached hydrogen (secondary N) is 2. The Balaban J connectivity index is 1.14. The van der Waals surface area contributed by atoms with Crippen molar-refractivity contribution in [3.63, 3.8) is 0 Å². The Bertz CT molecular complexity index is 1130. The fourth-order valence-electron chi connectivity index (χ4n) is 10.5. The number of fused-ring (bicyclic) bond motifs is 6. The zero-order chi connectivity index (χ0) is 29.8. The van der Waals surface area contributed by atoms with E-state index in [1.807, 2.05) is 0 Å². The highest BCUT2D eigenvalue weighted by Crippen LogP contribution is 2.63. The molecule has 0 radical (unpaired) electrons. The van der Waals surface area contributed by atoms with Gasteiger partial charge in [0.15, 0.2) is 0 Å². The number of aliphatic hydroxyl groups excluding tert-OH is 1. The topological polar surface area (TPSA) is 90.9 Å². The summed E-state index contributed by atoms with van der Waals surface area (Å²) >= 11 is 0. The molecule has 6 rings (SSSR count). The lowest BCUT2D eigenvalue weighted by Gasteiger charge is -2.49. The predicted molar refractivity (Wildman–Crippen MR) is 165 cm³/mol. The number of aliphatic hydroxyl groups is 1. The number of likely N-dealkylation sites (tertiary alicyclic amines) is 1. The maximum Gasteiger partial charge on any atom is 0.239 e. The van der Waals surface area contributed by atoms with Crippen molar-refractivity contribution in [2.75, 3.05) is 26.2 Å². The van der Waals surface area contributed by atoms with Crippen LogP contribution in [0.5, 0.6) is 0 Å². The zero-order valence-corrected chi connectivity index (χ0v) is 26.7. The summed E-state index contributed by atoms with van der Waals surface area (Å²) in [5, 5.41) is 16.1. The van der Waals surface area contributed by atoms with E-state index in [2.05, 4.69) is 49.3 Å². The van der Waals surface area contributed by atoms with Crippen LogP contribution in [0.2, 0.25) is 0 Å². The van der Waals surface area contributed by atoms with Crippen LogP contribution in [-0.2, 0) is 14.3 Å². The van der Waals surface area contributed by atoms with E-state index in [-0.39, 0.29) is 41.6 Å². The van der Waals surface area contributed by atoms with Gasteiger partial charge in [-0.15, -0.1) is 0 Å². The van der Waals surface area contributed by atoms with E-state index in [4.69, 9.17) is 4.74 Å². The van der Waals surface area contributed by atoms with Gasteiger partial charge in [0.25, 0.3) is 0 Å². The molecule has 2 amide bonds. The lowest BCUT2D eigenvalue weighted by molar-refractivity contribution is -0.126. The quantitative estimate of drug-likeness (QED) is 0.394. The van der Waals surface area contributed by atoms with Crippen LogP contribution >= 0.6 is 0 Å². The first-order valence-electron chi connectivity index (χ1n) is 17.1. The van der Waals surface area contributed by atoms with Gasteiger partial charge >= 0.3 is 0 Å². The maximum absolute atomic E-state index is 12.3.